The number of nitrogens with one attached hydrogen (secondary N) is 2. The molecule has 1 heterocycles. The van der Waals surface area contributed by atoms with Gasteiger partial charge in [0.2, 0.25) is 5.91 Å². The third-order valence-electron chi connectivity index (χ3n) is 2.71. The van der Waals surface area contributed by atoms with Gasteiger partial charge in [0, 0.05) is 11.1 Å². The molecule has 94 valence electrons. The van der Waals surface area contributed by atoms with Gasteiger partial charge >= 0.3 is 0 Å². The van der Waals surface area contributed by atoms with E-state index in [9.17, 15) is 9.90 Å². The van der Waals surface area contributed by atoms with Crippen LogP contribution in [0.15, 0.2) is 30.5 Å². The second-order valence-electron chi connectivity index (χ2n) is 3.98. The minimum absolute atomic E-state index is 0.132. The first-order valence-corrected chi connectivity index (χ1v) is 5.79. The van der Waals surface area contributed by atoms with Crippen LogP contribution in [0.4, 0.5) is 5.82 Å². The van der Waals surface area contributed by atoms with E-state index in [-0.39, 0.29) is 18.1 Å². The van der Waals surface area contributed by atoms with Gasteiger partial charge in [0.25, 0.3) is 0 Å². The van der Waals surface area contributed by atoms with Gasteiger partial charge in [-0.1, -0.05) is 25.1 Å². The number of aromatic nitrogens is 2. The summed E-state index contributed by atoms with van der Waals surface area (Å²) in [6, 6.07) is 6.80. The van der Waals surface area contributed by atoms with E-state index in [1.165, 1.54) is 0 Å². The molecule has 2 aromatic rings. The number of amides is 1. The fraction of sp³-hybridized carbons (Fsp3) is 0.231. The molecule has 2 rings (SSSR count). The van der Waals surface area contributed by atoms with Crippen LogP contribution in [0.5, 0.6) is 5.75 Å². The third kappa shape index (κ3) is 2.68. The number of anilines is 1. The van der Waals surface area contributed by atoms with E-state index in [4.69, 9.17) is 0 Å². The van der Waals surface area contributed by atoms with Gasteiger partial charge in [-0.25, -0.2) is 0 Å². The summed E-state index contributed by atoms with van der Waals surface area (Å²) < 4.78 is 0. The Labute approximate surface area is 105 Å². The van der Waals surface area contributed by atoms with Crippen LogP contribution >= 0.6 is 0 Å². The average molecular weight is 245 g/mol. The summed E-state index contributed by atoms with van der Waals surface area (Å²) >= 11 is 0. The number of benzene rings is 1. The number of phenolic OH excluding ortho intramolecular Hbond substituents is 1. The topological polar surface area (TPSA) is 78.0 Å². The van der Waals surface area contributed by atoms with Gasteiger partial charge in [-0.3, -0.25) is 9.89 Å². The number of rotatable bonds is 4. The Morgan fingerprint density at radius 1 is 1.39 bits per heavy atom. The van der Waals surface area contributed by atoms with Crippen molar-refractivity contribution in [3.63, 3.8) is 0 Å². The Hall–Kier alpha value is -2.30. The van der Waals surface area contributed by atoms with Crippen molar-refractivity contribution in [3.05, 3.63) is 41.6 Å². The molecule has 0 fully saturated rings. The molecular weight excluding hydrogens is 230 g/mol. The van der Waals surface area contributed by atoms with Gasteiger partial charge in [-0.15, -0.1) is 0 Å². The summed E-state index contributed by atoms with van der Waals surface area (Å²) in [6.45, 7) is 1.99. The maximum Gasteiger partial charge on any atom is 0.230 e. The van der Waals surface area contributed by atoms with Crippen molar-refractivity contribution >= 4 is 11.7 Å². The van der Waals surface area contributed by atoms with E-state index in [2.05, 4.69) is 15.5 Å². The molecule has 0 unspecified atom stereocenters. The van der Waals surface area contributed by atoms with E-state index in [1.807, 2.05) is 6.92 Å². The highest BCUT2D eigenvalue weighted by Gasteiger charge is 2.10. The minimum atomic E-state index is -0.185. The van der Waals surface area contributed by atoms with E-state index in [0.29, 0.717) is 11.4 Å². The molecule has 5 heteroatoms. The number of hydrogen-bond donors (Lipinski definition) is 3. The number of hydrogen-bond acceptors (Lipinski definition) is 3. The Bertz CT molecular complexity index is 549. The summed E-state index contributed by atoms with van der Waals surface area (Å²) in [7, 11) is 0. The summed E-state index contributed by atoms with van der Waals surface area (Å²) in [5.74, 6) is 0.571. The van der Waals surface area contributed by atoms with Crippen molar-refractivity contribution in [3.8, 4) is 5.75 Å². The van der Waals surface area contributed by atoms with Crippen molar-refractivity contribution < 1.29 is 9.90 Å². The van der Waals surface area contributed by atoms with Gasteiger partial charge < -0.3 is 10.4 Å². The number of aromatic amines is 1. The van der Waals surface area contributed by atoms with Crippen molar-refractivity contribution in [1.82, 2.24) is 10.2 Å². The first-order valence-electron chi connectivity index (χ1n) is 5.79. The summed E-state index contributed by atoms with van der Waals surface area (Å²) in [4.78, 5) is 11.8. The molecule has 0 aliphatic rings. The molecule has 0 spiro atoms. The zero-order valence-electron chi connectivity index (χ0n) is 10.1. The van der Waals surface area contributed by atoms with Crippen molar-refractivity contribution in [2.24, 2.45) is 0 Å². The predicted molar refractivity (Wildman–Crippen MR) is 68.4 cm³/mol. The Morgan fingerprint density at radius 2 is 2.17 bits per heavy atom. The number of nitrogens with zero attached hydrogens (tertiary/aromatic N) is 1. The smallest absolute Gasteiger partial charge is 0.230 e. The van der Waals surface area contributed by atoms with Crippen LogP contribution in [0.3, 0.4) is 0 Å². The molecule has 0 aliphatic carbocycles. The number of phenols is 1. The SMILES string of the molecule is CCc1cn[nH]c1NC(=O)Cc1ccccc1O. The standard InChI is InChI=1S/C13H15N3O2/c1-2-9-8-14-16-13(9)15-12(18)7-10-5-3-4-6-11(10)17/h3-6,8,17H,2,7H2,1H3,(H2,14,15,16,18). The lowest BCUT2D eigenvalue weighted by molar-refractivity contribution is -0.115. The molecule has 0 saturated carbocycles. The lowest BCUT2D eigenvalue weighted by Crippen LogP contribution is -2.15. The number of aryl methyl sites for hydroxylation is 1. The van der Waals surface area contributed by atoms with Crippen LogP contribution in [-0.4, -0.2) is 21.2 Å². The number of H-pyrrole nitrogens is 1. The molecule has 1 aromatic carbocycles. The summed E-state index contributed by atoms with van der Waals surface area (Å²) in [6.07, 6.45) is 2.62. The molecule has 0 aliphatic heterocycles. The van der Waals surface area contributed by atoms with Gasteiger partial charge in [-0.05, 0) is 12.5 Å². The average Bonchev–Trinajstić information content (AvgIpc) is 2.79. The first kappa shape index (κ1) is 12.2. The van der Waals surface area contributed by atoms with Crippen molar-refractivity contribution in [2.75, 3.05) is 5.32 Å². The molecule has 3 N–H and O–H groups in total. The van der Waals surface area contributed by atoms with Crippen LogP contribution in [-0.2, 0) is 17.6 Å². The molecule has 0 radical (unpaired) electrons. The Balaban J connectivity index is 2.04. The van der Waals surface area contributed by atoms with Gasteiger partial charge in [0.15, 0.2) is 0 Å². The number of carbonyl (C=O) groups is 1. The predicted octanol–water partition coefficient (Wildman–Crippen LogP) is 1.86. The van der Waals surface area contributed by atoms with E-state index >= 15 is 0 Å². The van der Waals surface area contributed by atoms with Gasteiger partial charge in [-0.2, -0.15) is 5.10 Å². The highest BCUT2D eigenvalue weighted by molar-refractivity contribution is 5.92. The largest absolute Gasteiger partial charge is 0.508 e. The number of para-hydroxylation sites is 1. The molecule has 5 nitrogen and oxygen atoms in total. The summed E-state index contributed by atoms with van der Waals surface area (Å²) in [5, 5.41) is 19.0. The maximum absolute atomic E-state index is 11.8. The molecule has 0 saturated heterocycles. The fourth-order valence-corrected chi connectivity index (χ4v) is 1.70. The van der Waals surface area contributed by atoms with Gasteiger partial charge in [0.05, 0.1) is 12.6 Å². The van der Waals surface area contributed by atoms with Crippen LogP contribution in [0.25, 0.3) is 0 Å². The quantitative estimate of drug-likeness (QED) is 0.769. The van der Waals surface area contributed by atoms with Crippen LogP contribution in [0, 0.1) is 0 Å². The minimum Gasteiger partial charge on any atom is -0.508 e. The maximum atomic E-state index is 11.8. The lowest BCUT2D eigenvalue weighted by Gasteiger charge is -2.06. The lowest BCUT2D eigenvalue weighted by atomic mass is 10.1. The molecule has 0 atom stereocenters. The monoisotopic (exact) mass is 245 g/mol. The van der Waals surface area contributed by atoms with E-state index < -0.39 is 0 Å². The second kappa shape index (κ2) is 5.35. The molecule has 18 heavy (non-hydrogen) atoms. The first-order chi connectivity index (χ1) is 8.70. The molecule has 1 amide bonds. The number of aromatic hydroxyl groups is 1. The highest BCUT2D eigenvalue weighted by Crippen LogP contribution is 2.17. The van der Waals surface area contributed by atoms with E-state index in [1.54, 1.807) is 30.5 Å². The summed E-state index contributed by atoms with van der Waals surface area (Å²) in [5.41, 5.74) is 1.56. The van der Waals surface area contributed by atoms with Crippen molar-refractivity contribution in [1.29, 1.82) is 0 Å². The Morgan fingerprint density at radius 3 is 2.89 bits per heavy atom. The van der Waals surface area contributed by atoms with Gasteiger partial charge in [0.1, 0.15) is 11.6 Å². The zero-order valence-corrected chi connectivity index (χ0v) is 10.1. The number of carbonyl (C=O) groups excluding carboxylic acids is 1. The van der Waals surface area contributed by atoms with E-state index in [0.717, 1.165) is 12.0 Å². The van der Waals surface area contributed by atoms with Crippen molar-refractivity contribution in [2.45, 2.75) is 19.8 Å². The third-order valence-corrected chi connectivity index (χ3v) is 2.71. The fourth-order valence-electron chi connectivity index (χ4n) is 1.70. The molecule has 0 bridgehead atoms. The molecule has 1 aromatic heterocycles. The Kier molecular flexibility index (Phi) is 3.62. The normalized spacial score (nSPS) is 10.3. The zero-order chi connectivity index (χ0) is 13.0. The van der Waals surface area contributed by atoms with Crippen LogP contribution < -0.4 is 5.32 Å². The van der Waals surface area contributed by atoms with Crippen LogP contribution in [0.2, 0.25) is 0 Å². The second-order valence-corrected chi connectivity index (χ2v) is 3.98. The van der Waals surface area contributed by atoms with Crippen LogP contribution in [0.1, 0.15) is 18.1 Å². The highest BCUT2D eigenvalue weighted by atomic mass is 16.3. The molecular formula is C13H15N3O2.